The largest absolute Gasteiger partial charge is 0.481 e. The number of halogens is 1. The quantitative estimate of drug-likeness (QED) is 0.860. The van der Waals surface area contributed by atoms with Crippen molar-refractivity contribution in [2.24, 2.45) is 5.41 Å². The normalized spacial score (nSPS) is 17.2. The van der Waals surface area contributed by atoms with Gasteiger partial charge in [-0.15, -0.1) is 0 Å². The first-order chi connectivity index (χ1) is 7.37. The van der Waals surface area contributed by atoms with Crippen LogP contribution in [0.2, 0.25) is 5.02 Å². The van der Waals surface area contributed by atoms with Gasteiger partial charge in [0.15, 0.2) is 0 Å². The van der Waals surface area contributed by atoms with Gasteiger partial charge in [-0.05, 0) is 41.0 Å². The van der Waals surface area contributed by atoms with Crippen LogP contribution in [0.25, 0.3) is 0 Å². The van der Waals surface area contributed by atoms with Crippen LogP contribution in [-0.4, -0.2) is 11.1 Å². The minimum absolute atomic E-state index is 0.00649. The SMILES string of the molecule is CC1(C)Cc2cc(Cl)c(CC(=O)O)cc2C1. The van der Waals surface area contributed by atoms with Crippen LogP contribution in [0, 0.1) is 5.41 Å². The van der Waals surface area contributed by atoms with Crippen LogP contribution in [0.1, 0.15) is 30.5 Å². The molecule has 0 unspecified atom stereocenters. The molecule has 0 atom stereocenters. The summed E-state index contributed by atoms with van der Waals surface area (Å²) in [7, 11) is 0. The molecule has 0 radical (unpaired) electrons. The molecule has 1 aromatic rings. The number of aliphatic carboxylic acids is 1. The van der Waals surface area contributed by atoms with E-state index in [4.69, 9.17) is 16.7 Å². The number of fused-ring (bicyclic) bond motifs is 1. The van der Waals surface area contributed by atoms with Gasteiger partial charge in [0.05, 0.1) is 6.42 Å². The fraction of sp³-hybridized carbons (Fsp3) is 0.462. The van der Waals surface area contributed by atoms with E-state index in [0.29, 0.717) is 5.02 Å². The lowest BCUT2D eigenvalue weighted by Crippen LogP contribution is -2.09. The van der Waals surface area contributed by atoms with Crippen LogP contribution >= 0.6 is 11.6 Å². The van der Waals surface area contributed by atoms with Gasteiger partial charge in [-0.2, -0.15) is 0 Å². The third-order valence-corrected chi connectivity index (χ3v) is 3.40. The lowest BCUT2D eigenvalue weighted by atomic mass is 9.90. The van der Waals surface area contributed by atoms with E-state index >= 15 is 0 Å². The number of carboxylic acids is 1. The fourth-order valence-corrected chi connectivity index (χ4v) is 2.68. The molecule has 0 spiro atoms. The van der Waals surface area contributed by atoms with Crippen LogP contribution in [0.5, 0.6) is 0 Å². The van der Waals surface area contributed by atoms with E-state index in [2.05, 4.69) is 13.8 Å². The third kappa shape index (κ3) is 2.22. The number of hydrogen-bond donors (Lipinski definition) is 1. The minimum atomic E-state index is -0.834. The molecule has 0 bridgehead atoms. The first kappa shape index (κ1) is 11.5. The molecule has 0 aliphatic heterocycles. The fourth-order valence-electron chi connectivity index (χ4n) is 2.43. The average molecular weight is 239 g/mol. The highest BCUT2D eigenvalue weighted by Crippen LogP contribution is 2.38. The average Bonchev–Trinajstić information content (AvgIpc) is 2.38. The molecule has 1 aromatic carbocycles. The number of rotatable bonds is 2. The summed E-state index contributed by atoms with van der Waals surface area (Å²) in [6.07, 6.45) is 2.04. The van der Waals surface area contributed by atoms with Crippen molar-refractivity contribution in [1.29, 1.82) is 0 Å². The molecule has 1 aliphatic rings. The molecule has 2 nitrogen and oxygen atoms in total. The summed E-state index contributed by atoms with van der Waals surface area (Å²) < 4.78 is 0. The Kier molecular flexibility index (Phi) is 2.70. The smallest absolute Gasteiger partial charge is 0.307 e. The van der Waals surface area contributed by atoms with Crippen molar-refractivity contribution in [3.63, 3.8) is 0 Å². The standard InChI is InChI=1S/C13H15ClO2/c1-13(2)6-9-3-8(5-12(15)16)11(14)4-10(9)7-13/h3-4H,5-7H2,1-2H3,(H,15,16). The second kappa shape index (κ2) is 3.77. The van der Waals surface area contributed by atoms with Gasteiger partial charge < -0.3 is 5.11 Å². The number of benzene rings is 1. The van der Waals surface area contributed by atoms with Gasteiger partial charge in [0.25, 0.3) is 0 Å². The molecule has 0 amide bonds. The first-order valence-corrected chi connectivity index (χ1v) is 5.77. The van der Waals surface area contributed by atoms with Gasteiger partial charge in [0.1, 0.15) is 0 Å². The van der Waals surface area contributed by atoms with E-state index in [9.17, 15) is 4.79 Å². The number of carboxylic acid groups (broad SMARTS) is 1. The molecule has 0 saturated heterocycles. The van der Waals surface area contributed by atoms with Gasteiger partial charge in [-0.25, -0.2) is 0 Å². The van der Waals surface area contributed by atoms with Crippen molar-refractivity contribution in [3.05, 3.63) is 33.8 Å². The Morgan fingerprint density at radius 1 is 1.38 bits per heavy atom. The third-order valence-electron chi connectivity index (χ3n) is 3.05. The van der Waals surface area contributed by atoms with Gasteiger partial charge in [-0.3, -0.25) is 4.79 Å². The van der Waals surface area contributed by atoms with Crippen molar-refractivity contribution >= 4 is 17.6 Å². The lowest BCUT2D eigenvalue weighted by molar-refractivity contribution is -0.136. The zero-order valence-electron chi connectivity index (χ0n) is 9.51. The Hall–Kier alpha value is -1.02. The Morgan fingerprint density at radius 2 is 1.94 bits per heavy atom. The van der Waals surface area contributed by atoms with Crippen molar-refractivity contribution in [2.75, 3.05) is 0 Å². The highest BCUT2D eigenvalue weighted by molar-refractivity contribution is 6.31. The lowest BCUT2D eigenvalue weighted by Gasteiger charge is -2.14. The molecule has 0 aromatic heterocycles. The van der Waals surface area contributed by atoms with E-state index in [1.54, 1.807) is 0 Å². The van der Waals surface area contributed by atoms with Crippen molar-refractivity contribution in [3.8, 4) is 0 Å². The Labute approximate surface area is 100 Å². The molecule has 0 fully saturated rings. The van der Waals surface area contributed by atoms with E-state index in [-0.39, 0.29) is 11.8 Å². The Morgan fingerprint density at radius 3 is 2.50 bits per heavy atom. The van der Waals surface area contributed by atoms with Crippen molar-refractivity contribution < 1.29 is 9.90 Å². The maximum atomic E-state index is 10.7. The zero-order valence-corrected chi connectivity index (χ0v) is 10.3. The van der Waals surface area contributed by atoms with Crippen LogP contribution in [-0.2, 0) is 24.1 Å². The summed E-state index contributed by atoms with van der Waals surface area (Å²) in [5.41, 5.74) is 3.52. The molecule has 3 heteroatoms. The van der Waals surface area contributed by atoms with Crippen LogP contribution in [0.4, 0.5) is 0 Å². The molecule has 86 valence electrons. The monoisotopic (exact) mass is 238 g/mol. The minimum Gasteiger partial charge on any atom is -0.481 e. The van der Waals surface area contributed by atoms with Gasteiger partial charge in [0, 0.05) is 5.02 Å². The van der Waals surface area contributed by atoms with E-state index in [1.165, 1.54) is 11.1 Å². The van der Waals surface area contributed by atoms with Crippen LogP contribution in [0.15, 0.2) is 12.1 Å². The predicted octanol–water partition coefficient (Wildman–Crippen LogP) is 3.09. The molecular weight excluding hydrogens is 224 g/mol. The summed E-state index contributed by atoms with van der Waals surface area (Å²) >= 11 is 6.08. The molecule has 2 rings (SSSR count). The molecule has 16 heavy (non-hydrogen) atoms. The predicted molar refractivity (Wildman–Crippen MR) is 64.0 cm³/mol. The highest BCUT2D eigenvalue weighted by Gasteiger charge is 2.29. The van der Waals surface area contributed by atoms with Crippen molar-refractivity contribution in [1.82, 2.24) is 0 Å². The van der Waals surface area contributed by atoms with Gasteiger partial charge in [0.2, 0.25) is 0 Å². The zero-order chi connectivity index (χ0) is 11.9. The van der Waals surface area contributed by atoms with E-state index in [0.717, 1.165) is 18.4 Å². The Balaban J connectivity index is 2.37. The second-order valence-corrected chi connectivity index (χ2v) is 5.71. The second-order valence-electron chi connectivity index (χ2n) is 5.30. The van der Waals surface area contributed by atoms with Crippen LogP contribution < -0.4 is 0 Å². The van der Waals surface area contributed by atoms with Crippen molar-refractivity contribution in [2.45, 2.75) is 33.1 Å². The maximum absolute atomic E-state index is 10.7. The van der Waals surface area contributed by atoms with Crippen LogP contribution in [0.3, 0.4) is 0 Å². The summed E-state index contributed by atoms with van der Waals surface area (Å²) in [6.45, 7) is 4.44. The maximum Gasteiger partial charge on any atom is 0.307 e. The molecular formula is C13H15ClO2. The Bertz CT molecular complexity index is 449. The number of carbonyl (C=O) groups is 1. The molecule has 0 heterocycles. The summed E-state index contributed by atoms with van der Waals surface area (Å²) in [5, 5.41) is 9.37. The topological polar surface area (TPSA) is 37.3 Å². The number of hydrogen-bond acceptors (Lipinski definition) is 1. The molecule has 1 aliphatic carbocycles. The van der Waals surface area contributed by atoms with Gasteiger partial charge in [-0.1, -0.05) is 31.5 Å². The molecule has 0 saturated carbocycles. The van der Waals surface area contributed by atoms with Gasteiger partial charge >= 0.3 is 5.97 Å². The summed E-state index contributed by atoms with van der Waals surface area (Å²) in [5.74, 6) is -0.834. The highest BCUT2D eigenvalue weighted by atomic mass is 35.5. The molecule has 1 N–H and O–H groups in total. The first-order valence-electron chi connectivity index (χ1n) is 5.39. The summed E-state index contributed by atoms with van der Waals surface area (Å²) in [6, 6.07) is 3.89. The summed E-state index contributed by atoms with van der Waals surface area (Å²) in [4.78, 5) is 10.7. The van der Waals surface area contributed by atoms with E-state index in [1.807, 2.05) is 12.1 Å². The van der Waals surface area contributed by atoms with E-state index < -0.39 is 5.97 Å².